The van der Waals surface area contributed by atoms with Crippen LogP contribution in [0.2, 0.25) is 0 Å². The molecule has 3 heterocycles. The number of fused-ring (bicyclic) bond motifs is 12. The highest BCUT2D eigenvalue weighted by Crippen LogP contribution is 2.66. The lowest BCUT2D eigenvalue weighted by Crippen LogP contribution is -2.52. The molecule has 0 bridgehead atoms. The zero-order valence-corrected chi connectivity index (χ0v) is 30.4. The number of aromatic nitrogens is 3. The Balaban J connectivity index is 1.05. The van der Waals surface area contributed by atoms with E-state index >= 15 is 0 Å². The molecule has 0 saturated heterocycles. The summed E-state index contributed by atoms with van der Waals surface area (Å²) >= 11 is 0. The first-order valence-corrected chi connectivity index (χ1v) is 19.4. The normalized spacial score (nSPS) is 19.1. The lowest BCUT2D eigenvalue weighted by atomic mass is 9.57. The van der Waals surface area contributed by atoms with Crippen molar-refractivity contribution >= 4 is 16.9 Å². The molecular formula is C52H34N4. The number of nitrogens with zero attached hydrogens (tertiary/aromatic N) is 4. The average molecular weight is 715 g/mol. The van der Waals surface area contributed by atoms with E-state index in [0.717, 1.165) is 22.3 Å². The molecule has 2 aliphatic carbocycles. The van der Waals surface area contributed by atoms with Crippen molar-refractivity contribution in [1.82, 2.24) is 15.0 Å². The van der Waals surface area contributed by atoms with Crippen molar-refractivity contribution in [3.8, 4) is 56.4 Å². The molecule has 0 radical (unpaired) electrons. The quantitative estimate of drug-likeness (QED) is 0.182. The summed E-state index contributed by atoms with van der Waals surface area (Å²) in [5, 5.41) is 0. The molecule has 3 unspecified atom stereocenters. The fraction of sp³-hybridized carbons (Fsp3) is 0.0577. The van der Waals surface area contributed by atoms with Crippen LogP contribution in [-0.4, -0.2) is 21.0 Å². The van der Waals surface area contributed by atoms with Crippen molar-refractivity contribution < 1.29 is 0 Å². The third-order valence-electron chi connectivity index (χ3n) is 12.3. The Morgan fingerprint density at radius 1 is 0.411 bits per heavy atom. The van der Waals surface area contributed by atoms with Gasteiger partial charge < -0.3 is 4.90 Å². The highest BCUT2D eigenvalue weighted by molar-refractivity contribution is 5.99. The molecule has 4 nitrogen and oxygen atoms in total. The number of anilines is 2. The molecule has 262 valence electrons. The number of allylic oxidation sites excluding steroid dienone is 2. The molecule has 2 aliphatic heterocycles. The Kier molecular flexibility index (Phi) is 6.64. The summed E-state index contributed by atoms with van der Waals surface area (Å²) in [6.07, 6.45) is 7.14. The summed E-state index contributed by atoms with van der Waals surface area (Å²) in [6, 6.07) is 63.5. The van der Waals surface area contributed by atoms with Gasteiger partial charge in [0.25, 0.3) is 0 Å². The molecule has 3 atom stereocenters. The largest absolute Gasteiger partial charge is 0.332 e. The van der Waals surface area contributed by atoms with Crippen LogP contribution < -0.4 is 4.90 Å². The minimum Gasteiger partial charge on any atom is -0.332 e. The average Bonchev–Trinajstić information content (AvgIpc) is 3.77. The first-order valence-electron chi connectivity index (χ1n) is 19.4. The molecule has 56 heavy (non-hydrogen) atoms. The van der Waals surface area contributed by atoms with E-state index in [4.69, 9.17) is 15.0 Å². The van der Waals surface area contributed by atoms with Crippen molar-refractivity contribution in [2.24, 2.45) is 5.92 Å². The van der Waals surface area contributed by atoms with Crippen LogP contribution in [0.25, 0.3) is 62.0 Å². The Morgan fingerprint density at radius 2 is 0.964 bits per heavy atom. The molecular weight excluding hydrogens is 681 g/mol. The van der Waals surface area contributed by atoms with Crippen molar-refractivity contribution in [3.05, 3.63) is 216 Å². The predicted octanol–water partition coefficient (Wildman–Crippen LogP) is 12.0. The fourth-order valence-electron chi connectivity index (χ4n) is 10.1. The van der Waals surface area contributed by atoms with Gasteiger partial charge in [0.05, 0.1) is 11.5 Å². The van der Waals surface area contributed by atoms with Gasteiger partial charge in [0, 0.05) is 39.5 Å². The number of rotatable bonds is 4. The third-order valence-corrected chi connectivity index (χ3v) is 12.3. The molecule has 0 saturated carbocycles. The van der Waals surface area contributed by atoms with E-state index in [0.29, 0.717) is 17.5 Å². The van der Waals surface area contributed by atoms with Gasteiger partial charge in [0.15, 0.2) is 17.5 Å². The van der Waals surface area contributed by atoms with Gasteiger partial charge in [-0.25, -0.2) is 15.0 Å². The van der Waals surface area contributed by atoms with Gasteiger partial charge in [-0.2, -0.15) is 0 Å². The fourth-order valence-corrected chi connectivity index (χ4v) is 10.1. The molecule has 12 rings (SSSR count). The van der Waals surface area contributed by atoms with Crippen LogP contribution in [0.15, 0.2) is 194 Å². The summed E-state index contributed by atoms with van der Waals surface area (Å²) in [5.41, 5.74) is 16.8. The van der Waals surface area contributed by atoms with E-state index in [2.05, 4.69) is 163 Å². The number of para-hydroxylation sites is 2. The smallest absolute Gasteiger partial charge is 0.164 e. The number of hydrogen-bond donors (Lipinski definition) is 0. The molecule has 1 spiro atoms. The first kappa shape index (κ1) is 31.2. The molecule has 7 aromatic carbocycles. The van der Waals surface area contributed by atoms with Crippen LogP contribution in [0, 0.1) is 5.92 Å². The van der Waals surface area contributed by atoms with E-state index in [1.54, 1.807) is 0 Å². The molecule has 0 amide bonds. The molecule has 0 fully saturated rings. The summed E-state index contributed by atoms with van der Waals surface area (Å²) in [5.74, 6) is 2.14. The highest BCUT2D eigenvalue weighted by atomic mass is 15.2. The standard InChI is InChI=1S/C52H34N4/c1-3-15-33(16-4-1)49-53-50(34-17-5-2-6-18-34)55-51(54-49)37-20-13-19-35(31-37)36-29-30-39-38-21-7-9-24-42(38)52(45(39)32-36)43-25-10-12-28-47(43)56-46-27-11-8-22-40(46)41-23-14-26-44(52)48(41)56/h1-32,44,48H. The van der Waals surface area contributed by atoms with Crippen LogP contribution in [0.5, 0.6) is 0 Å². The van der Waals surface area contributed by atoms with Gasteiger partial charge >= 0.3 is 0 Å². The highest BCUT2D eigenvalue weighted by Gasteiger charge is 2.59. The maximum absolute atomic E-state index is 5.06. The molecule has 0 N–H and O–H groups in total. The van der Waals surface area contributed by atoms with Crippen LogP contribution in [0.3, 0.4) is 0 Å². The second-order valence-electron chi connectivity index (χ2n) is 15.1. The van der Waals surface area contributed by atoms with E-state index in [9.17, 15) is 0 Å². The Hall–Kier alpha value is -7.17. The van der Waals surface area contributed by atoms with Crippen molar-refractivity contribution in [3.63, 3.8) is 0 Å². The van der Waals surface area contributed by atoms with Crippen LogP contribution in [0.4, 0.5) is 11.4 Å². The Labute approximate surface area is 325 Å². The number of hydrogen-bond acceptors (Lipinski definition) is 4. The predicted molar refractivity (Wildman–Crippen MR) is 226 cm³/mol. The minimum absolute atomic E-state index is 0.173. The zero-order valence-electron chi connectivity index (χ0n) is 30.4. The first-order chi connectivity index (χ1) is 27.8. The molecule has 4 heteroatoms. The van der Waals surface area contributed by atoms with Gasteiger partial charge in [-0.3, -0.25) is 0 Å². The number of benzene rings is 7. The van der Waals surface area contributed by atoms with Crippen molar-refractivity contribution in [2.45, 2.75) is 11.5 Å². The van der Waals surface area contributed by atoms with Gasteiger partial charge in [-0.05, 0) is 68.8 Å². The van der Waals surface area contributed by atoms with Crippen molar-refractivity contribution in [2.75, 3.05) is 4.90 Å². The molecule has 1 aromatic heterocycles. The maximum atomic E-state index is 5.06. The summed E-state index contributed by atoms with van der Waals surface area (Å²) in [6.45, 7) is 0. The SMILES string of the molecule is C1=CC2C3C(=C1)c1ccccc1N3c1ccccc1C21c2ccccc2-c2ccc(-c3cccc(-c4nc(-c5ccccc5)nc(-c5ccccc5)n4)c3)cc21. The van der Waals surface area contributed by atoms with Gasteiger partial charge in [0.1, 0.15) is 0 Å². The second-order valence-corrected chi connectivity index (χ2v) is 15.1. The Morgan fingerprint density at radius 3 is 1.71 bits per heavy atom. The zero-order chi connectivity index (χ0) is 36.8. The van der Waals surface area contributed by atoms with Gasteiger partial charge in [-0.15, -0.1) is 0 Å². The third kappa shape index (κ3) is 4.32. The van der Waals surface area contributed by atoms with Crippen molar-refractivity contribution in [1.29, 1.82) is 0 Å². The lowest BCUT2D eigenvalue weighted by molar-refractivity contribution is 0.404. The topological polar surface area (TPSA) is 41.9 Å². The van der Waals surface area contributed by atoms with Crippen LogP contribution in [-0.2, 0) is 5.41 Å². The summed E-state index contributed by atoms with van der Waals surface area (Å²) < 4.78 is 0. The maximum Gasteiger partial charge on any atom is 0.164 e. The van der Waals surface area contributed by atoms with Crippen LogP contribution in [0.1, 0.15) is 22.3 Å². The summed E-state index contributed by atoms with van der Waals surface area (Å²) in [7, 11) is 0. The Bertz CT molecular complexity index is 2890. The van der Waals surface area contributed by atoms with Gasteiger partial charge in [-0.1, -0.05) is 170 Å². The van der Waals surface area contributed by atoms with E-state index < -0.39 is 5.41 Å². The summed E-state index contributed by atoms with van der Waals surface area (Å²) in [4.78, 5) is 17.7. The van der Waals surface area contributed by atoms with Gasteiger partial charge in [0.2, 0.25) is 0 Å². The minimum atomic E-state index is -0.390. The molecule has 4 aliphatic rings. The lowest BCUT2D eigenvalue weighted by Gasteiger charge is -2.52. The monoisotopic (exact) mass is 714 g/mol. The molecule has 8 aromatic rings. The van der Waals surface area contributed by atoms with Crippen LogP contribution >= 0.6 is 0 Å². The van der Waals surface area contributed by atoms with E-state index in [1.165, 1.54) is 55.9 Å². The van der Waals surface area contributed by atoms with E-state index in [-0.39, 0.29) is 12.0 Å². The second kappa shape index (κ2) is 11.9. The van der Waals surface area contributed by atoms with E-state index in [1.807, 2.05) is 36.4 Å².